The number of rotatable bonds is 9. The molecule has 0 aliphatic carbocycles. The van der Waals surface area contributed by atoms with Gasteiger partial charge < -0.3 is 14.5 Å². The molecule has 2 unspecified atom stereocenters. The first-order valence-corrected chi connectivity index (χ1v) is 18.0. The Morgan fingerprint density at radius 3 is 1.05 bits per heavy atom. The fourth-order valence-corrected chi connectivity index (χ4v) is 6.07. The zero-order valence-corrected chi connectivity index (χ0v) is 33.5. The molecule has 0 N–H and O–H groups in total. The molecule has 272 valence electrons. The summed E-state index contributed by atoms with van der Waals surface area (Å²) < 4.78 is 5.21. The van der Waals surface area contributed by atoms with Crippen molar-refractivity contribution in [1.29, 1.82) is 0 Å². The molecule has 0 amide bonds. The summed E-state index contributed by atoms with van der Waals surface area (Å²) in [4.78, 5) is 12.1. The largest absolute Gasteiger partial charge is 0.379 e. The number of hydrogen-bond donors (Lipinski definition) is 0. The highest BCUT2D eigenvalue weighted by Crippen LogP contribution is 2.25. The van der Waals surface area contributed by atoms with Crippen LogP contribution in [0.1, 0.15) is 145 Å². The predicted octanol–water partition coefficient (Wildman–Crippen LogP) is 8.84. The Morgan fingerprint density at radius 2 is 0.932 bits per heavy atom. The van der Waals surface area contributed by atoms with Gasteiger partial charge in [-0.3, -0.25) is 14.7 Å². The van der Waals surface area contributed by atoms with E-state index < -0.39 is 0 Å². The van der Waals surface area contributed by atoms with Crippen molar-refractivity contribution in [2.75, 3.05) is 53.5 Å². The van der Waals surface area contributed by atoms with Gasteiger partial charge in [0, 0.05) is 67.5 Å². The monoisotopic (exact) mass is 632 g/mol. The first kappa shape index (κ1) is 50.6. The van der Waals surface area contributed by atoms with Crippen LogP contribution in [0.2, 0.25) is 0 Å². The van der Waals surface area contributed by atoms with Crippen LogP contribution in [0.3, 0.4) is 0 Å². The van der Waals surface area contributed by atoms with Crippen LogP contribution in [-0.2, 0) is 4.74 Å². The van der Waals surface area contributed by atoms with E-state index in [1.807, 2.05) is 0 Å². The second-order valence-corrected chi connectivity index (χ2v) is 14.7. The molecule has 2 saturated heterocycles. The lowest BCUT2D eigenvalue weighted by atomic mass is 10.2. The first-order valence-electron chi connectivity index (χ1n) is 18.0. The molecule has 2 aliphatic rings. The number of nitrogens with zero attached hydrogens (tertiary/aromatic N) is 5. The highest BCUT2D eigenvalue weighted by molar-refractivity contribution is 4.84. The van der Waals surface area contributed by atoms with Crippen molar-refractivity contribution >= 4 is 0 Å². The minimum atomic E-state index is 0. The van der Waals surface area contributed by atoms with Crippen molar-refractivity contribution in [3.63, 3.8) is 0 Å². The van der Waals surface area contributed by atoms with E-state index in [-0.39, 0.29) is 7.43 Å². The molecular weight excluding hydrogens is 542 g/mol. The standard InChI is InChI=1S/C9H19N.C9H21N.C7H15NO.C7H17N.C5H13N.CH4/c1-7(2)10-8(3)5-6-9(10)4;1-7(2)10(8(3)4)9(5)6;1-7(2)8-3-5-9-6-4-8;1-5-8(6-2)7(3)4;1-5(2)6(3)4;/h7-9H,5-6H2,1-4H3;7-9H,1-6H3;7H,3-6H2,1-2H3;7H,5-6H2,1-4H3;5H,1-4H3;1H4. The van der Waals surface area contributed by atoms with Gasteiger partial charge >= 0.3 is 0 Å². The lowest BCUT2D eigenvalue weighted by Gasteiger charge is -2.34. The van der Waals surface area contributed by atoms with E-state index in [2.05, 4.69) is 163 Å². The predicted molar refractivity (Wildman–Crippen MR) is 204 cm³/mol. The number of hydrogen-bond acceptors (Lipinski definition) is 6. The Hall–Kier alpha value is -0.240. The summed E-state index contributed by atoms with van der Waals surface area (Å²) in [6.07, 6.45) is 2.78. The topological polar surface area (TPSA) is 25.4 Å². The SMILES string of the molecule is C.CC(C)N(C(C)C)C(C)C.CC(C)N(C)C.CC(C)N1C(C)CCC1C.CC(C)N1CCOCC1.CCN(CC)C(C)C. The van der Waals surface area contributed by atoms with E-state index in [0.717, 1.165) is 44.4 Å². The average Bonchev–Trinajstić information content (AvgIpc) is 3.23. The van der Waals surface area contributed by atoms with Gasteiger partial charge in [-0.15, -0.1) is 0 Å². The highest BCUT2D eigenvalue weighted by Gasteiger charge is 2.28. The van der Waals surface area contributed by atoms with E-state index in [0.29, 0.717) is 36.3 Å². The molecule has 6 heteroatoms. The maximum Gasteiger partial charge on any atom is 0.0594 e. The Balaban J connectivity index is -0.000000228. The maximum atomic E-state index is 5.21. The summed E-state index contributed by atoms with van der Waals surface area (Å²) in [5.74, 6) is 0. The van der Waals surface area contributed by atoms with Crippen LogP contribution in [0.4, 0.5) is 0 Å². The van der Waals surface area contributed by atoms with Crippen LogP contribution in [0.25, 0.3) is 0 Å². The molecule has 0 aromatic rings. The summed E-state index contributed by atoms with van der Waals surface area (Å²) in [5, 5.41) is 0. The number of likely N-dealkylation sites (tertiary alicyclic amines) is 1. The van der Waals surface area contributed by atoms with Gasteiger partial charge in [0.25, 0.3) is 0 Å². The fraction of sp³-hybridized carbons (Fsp3) is 1.00. The van der Waals surface area contributed by atoms with E-state index in [4.69, 9.17) is 4.74 Å². The van der Waals surface area contributed by atoms with Gasteiger partial charge in [0.15, 0.2) is 0 Å². The van der Waals surface area contributed by atoms with Crippen LogP contribution in [0, 0.1) is 0 Å². The lowest BCUT2D eigenvalue weighted by Crippen LogP contribution is -2.42. The zero-order chi connectivity index (χ0) is 34.4. The van der Waals surface area contributed by atoms with Gasteiger partial charge in [-0.05, 0) is 151 Å². The molecule has 0 aromatic heterocycles. The summed E-state index contributed by atoms with van der Waals surface area (Å²) in [7, 11) is 4.15. The van der Waals surface area contributed by atoms with Crippen molar-refractivity contribution in [2.24, 2.45) is 0 Å². The van der Waals surface area contributed by atoms with Crippen LogP contribution in [-0.4, -0.2) is 132 Å². The van der Waals surface area contributed by atoms with E-state index in [1.165, 1.54) is 25.9 Å². The van der Waals surface area contributed by atoms with E-state index >= 15 is 0 Å². The second kappa shape index (κ2) is 28.9. The molecule has 44 heavy (non-hydrogen) atoms. The van der Waals surface area contributed by atoms with Crippen molar-refractivity contribution in [2.45, 2.75) is 199 Å². The summed E-state index contributed by atoms with van der Waals surface area (Å²) in [6.45, 7) is 46.8. The highest BCUT2D eigenvalue weighted by atomic mass is 16.5. The van der Waals surface area contributed by atoms with Crippen molar-refractivity contribution < 1.29 is 4.74 Å². The molecular formula is C38H89N5O. The van der Waals surface area contributed by atoms with Crippen molar-refractivity contribution in [1.82, 2.24) is 24.5 Å². The molecule has 2 aliphatic heterocycles. The third-order valence-electron chi connectivity index (χ3n) is 8.76. The normalized spacial score (nSPS) is 19.2. The summed E-state index contributed by atoms with van der Waals surface area (Å²) >= 11 is 0. The molecule has 2 rings (SSSR count). The van der Waals surface area contributed by atoms with Crippen molar-refractivity contribution in [3.8, 4) is 0 Å². The first-order chi connectivity index (χ1) is 19.8. The van der Waals surface area contributed by atoms with Crippen LogP contribution in [0.5, 0.6) is 0 Å². The Kier molecular flexibility index (Phi) is 33.3. The number of ether oxygens (including phenoxy) is 1. The van der Waals surface area contributed by atoms with E-state index in [9.17, 15) is 0 Å². The molecule has 0 aromatic carbocycles. The van der Waals surface area contributed by atoms with Crippen LogP contribution < -0.4 is 0 Å². The second-order valence-electron chi connectivity index (χ2n) is 14.7. The molecule has 2 fully saturated rings. The summed E-state index contributed by atoms with van der Waals surface area (Å²) in [5.41, 5.74) is 0. The van der Waals surface area contributed by atoms with Gasteiger partial charge in [0.1, 0.15) is 0 Å². The van der Waals surface area contributed by atoms with Crippen molar-refractivity contribution in [3.05, 3.63) is 0 Å². The molecule has 0 saturated carbocycles. The molecule has 2 heterocycles. The molecule has 0 radical (unpaired) electrons. The lowest BCUT2D eigenvalue weighted by molar-refractivity contribution is 0.0238. The van der Waals surface area contributed by atoms with Gasteiger partial charge in [-0.25, -0.2) is 0 Å². The minimum Gasteiger partial charge on any atom is -0.379 e. The van der Waals surface area contributed by atoms with Crippen LogP contribution in [0.15, 0.2) is 0 Å². The van der Waals surface area contributed by atoms with Gasteiger partial charge in [0.05, 0.1) is 13.2 Å². The minimum absolute atomic E-state index is 0. The smallest absolute Gasteiger partial charge is 0.0594 e. The van der Waals surface area contributed by atoms with Gasteiger partial charge in [-0.2, -0.15) is 0 Å². The van der Waals surface area contributed by atoms with E-state index in [1.54, 1.807) is 0 Å². The number of morpholine rings is 1. The Bertz CT molecular complexity index is 537. The molecule has 0 spiro atoms. The summed E-state index contributed by atoms with van der Waals surface area (Å²) in [6, 6.07) is 6.45. The van der Waals surface area contributed by atoms with Gasteiger partial charge in [-0.1, -0.05) is 21.3 Å². The van der Waals surface area contributed by atoms with Gasteiger partial charge in [0.2, 0.25) is 0 Å². The molecule has 2 atom stereocenters. The molecule has 0 bridgehead atoms. The quantitative estimate of drug-likeness (QED) is 0.252. The Labute approximate surface area is 281 Å². The third kappa shape index (κ3) is 24.9. The van der Waals surface area contributed by atoms with Crippen LogP contribution >= 0.6 is 0 Å². The maximum absolute atomic E-state index is 5.21. The Morgan fingerprint density at radius 1 is 0.591 bits per heavy atom. The third-order valence-corrected chi connectivity index (χ3v) is 8.76. The zero-order valence-electron chi connectivity index (χ0n) is 33.5. The fourth-order valence-electron chi connectivity index (χ4n) is 6.07. The molecule has 6 nitrogen and oxygen atoms in total. The average molecular weight is 632 g/mol.